The van der Waals surface area contributed by atoms with Gasteiger partial charge in [0.05, 0.1) is 12.1 Å². The van der Waals surface area contributed by atoms with Gasteiger partial charge in [-0.15, -0.1) is 0 Å². The molecule has 2 N–H and O–H groups in total. The van der Waals surface area contributed by atoms with Crippen LogP contribution in [-0.2, 0) is 4.74 Å². The van der Waals surface area contributed by atoms with Gasteiger partial charge >= 0.3 is 0 Å². The molecule has 1 aliphatic carbocycles. The number of guanidine groups is 1. The SMILES string of the molecule is CCNC(=NCC(C)(C)OC)NCC1CCN(C2CC2)C1. The highest BCUT2D eigenvalue weighted by Gasteiger charge is 2.34. The minimum absolute atomic E-state index is 0.210. The zero-order chi connectivity index (χ0) is 15.3. The number of nitrogens with zero attached hydrogens (tertiary/aromatic N) is 2. The molecule has 2 rings (SSSR count). The lowest BCUT2D eigenvalue weighted by Crippen LogP contribution is -2.41. The molecule has 1 heterocycles. The maximum absolute atomic E-state index is 5.42. The number of likely N-dealkylation sites (tertiary alicyclic amines) is 1. The fourth-order valence-electron chi connectivity index (χ4n) is 2.72. The van der Waals surface area contributed by atoms with Crippen molar-refractivity contribution in [3.8, 4) is 0 Å². The standard InChI is InChI=1S/C16H32N4O/c1-5-17-15(19-12-16(2,3)21-4)18-10-13-8-9-20(11-13)14-6-7-14/h13-14H,5-12H2,1-4H3,(H2,17,18,19). The van der Waals surface area contributed by atoms with Crippen molar-refractivity contribution < 1.29 is 4.74 Å². The van der Waals surface area contributed by atoms with Crippen molar-refractivity contribution in [2.45, 2.75) is 51.7 Å². The fourth-order valence-corrected chi connectivity index (χ4v) is 2.72. The molecule has 0 bridgehead atoms. The van der Waals surface area contributed by atoms with Gasteiger partial charge in [0.25, 0.3) is 0 Å². The molecule has 0 aromatic heterocycles. The molecule has 5 nitrogen and oxygen atoms in total. The third kappa shape index (κ3) is 5.47. The van der Waals surface area contributed by atoms with Crippen LogP contribution in [0.5, 0.6) is 0 Å². The molecule has 0 aromatic rings. The number of hydrogen-bond acceptors (Lipinski definition) is 3. The highest BCUT2D eigenvalue weighted by Crippen LogP contribution is 2.31. The smallest absolute Gasteiger partial charge is 0.191 e. The summed E-state index contributed by atoms with van der Waals surface area (Å²) in [6.07, 6.45) is 4.14. The third-order valence-corrected chi connectivity index (χ3v) is 4.45. The monoisotopic (exact) mass is 296 g/mol. The van der Waals surface area contributed by atoms with E-state index in [1.54, 1.807) is 7.11 Å². The fraction of sp³-hybridized carbons (Fsp3) is 0.938. The van der Waals surface area contributed by atoms with Crippen molar-refractivity contribution in [2.24, 2.45) is 10.9 Å². The summed E-state index contributed by atoms with van der Waals surface area (Å²) in [7, 11) is 1.74. The van der Waals surface area contributed by atoms with Gasteiger partial charge in [0.2, 0.25) is 0 Å². The Labute approximate surface area is 129 Å². The van der Waals surface area contributed by atoms with E-state index in [-0.39, 0.29) is 5.60 Å². The van der Waals surface area contributed by atoms with Gasteiger partial charge in [-0.3, -0.25) is 4.99 Å². The molecule has 21 heavy (non-hydrogen) atoms. The van der Waals surface area contributed by atoms with E-state index in [0.717, 1.165) is 31.0 Å². The van der Waals surface area contributed by atoms with E-state index >= 15 is 0 Å². The van der Waals surface area contributed by atoms with Gasteiger partial charge in [-0.1, -0.05) is 0 Å². The van der Waals surface area contributed by atoms with Crippen molar-refractivity contribution in [1.82, 2.24) is 15.5 Å². The zero-order valence-corrected chi connectivity index (χ0v) is 14.1. The molecule has 2 fully saturated rings. The Morgan fingerprint density at radius 1 is 1.29 bits per heavy atom. The lowest BCUT2D eigenvalue weighted by atomic mass is 10.1. The molecular formula is C16H32N4O. The summed E-state index contributed by atoms with van der Waals surface area (Å²) in [4.78, 5) is 7.30. The Kier molecular flexibility index (Phi) is 5.88. The summed E-state index contributed by atoms with van der Waals surface area (Å²) in [6, 6.07) is 0.902. The minimum Gasteiger partial charge on any atom is -0.377 e. The van der Waals surface area contributed by atoms with Crippen LogP contribution >= 0.6 is 0 Å². The van der Waals surface area contributed by atoms with Gasteiger partial charge in [-0.05, 0) is 52.5 Å². The van der Waals surface area contributed by atoms with Crippen LogP contribution in [0.15, 0.2) is 4.99 Å². The van der Waals surface area contributed by atoms with Crippen LogP contribution in [-0.4, -0.2) is 62.3 Å². The molecule has 1 saturated heterocycles. The molecule has 1 atom stereocenters. The van der Waals surface area contributed by atoms with Gasteiger partial charge < -0.3 is 20.3 Å². The number of nitrogens with one attached hydrogen (secondary N) is 2. The summed E-state index contributed by atoms with van der Waals surface area (Å²) in [5.74, 6) is 1.66. The van der Waals surface area contributed by atoms with Crippen LogP contribution in [0.2, 0.25) is 0 Å². The molecule has 2 aliphatic rings. The Hall–Kier alpha value is -0.810. The molecule has 5 heteroatoms. The quantitative estimate of drug-likeness (QED) is 0.551. The molecule has 0 radical (unpaired) electrons. The highest BCUT2D eigenvalue weighted by molar-refractivity contribution is 5.79. The van der Waals surface area contributed by atoms with Crippen molar-refractivity contribution >= 4 is 5.96 Å². The van der Waals surface area contributed by atoms with Gasteiger partial charge in [0.15, 0.2) is 5.96 Å². The summed E-state index contributed by atoms with van der Waals surface area (Å²) in [6.45, 7) is 11.3. The largest absolute Gasteiger partial charge is 0.377 e. The van der Waals surface area contributed by atoms with E-state index < -0.39 is 0 Å². The van der Waals surface area contributed by atoms with Crippen LogP contribution in [0, 0.1) is 5.92 Å². The topological polar surface area (TPSA) is 48.9 Å². The molecule has 0 amide bonds. The number of ether oxygens (including phenoxy) is 1. The predicted octanol–water partition coefficient (Wildman–Crippen LogP) is 1.45. The lowest BCUT2D eigenvalue weighted by Gasteiger charge is -2.22. The predicted molar refractivity (Wildman–Crippen MR) is 87.8 cm³/mol. The Morgan fingerprint density at radius 3 is 2.67 bits per heavy atom. The van der Waals surface area contributed by atoms with E-state index in [0.29, 0.717) is 6.54 Å². The minimum atomic E-state index is -0.210. The Balaban J connectivity index is 1.75. The maximum atomic E-state index is 5.42. The van der Waals surface area contributed by atoms with E-state index in [2.05, 4.69) is 41.3 Å². The van der Waals surface area contributed by atoms with E-state index in [1.165, 1.54) is 32.4 Å². The van der Waals surface area contributed by atoms with Crippen LogP contribution in [0.1, 0.15) is 40.0 Å². The highest BCUT2D eigenvalue weighted by atomic mass is 16.5. The van der Waals surface area contributed by atoms with Gasteiger partial charge in [-0.2, -0.15) is 0 Å². The van der Waals surface area contributed by atoms with Gasteiger partial charge in [0.1, 0.15) is 0 Å². The first-order valence-corrected chi connectivity index (χ1v) is 8.35. The van der Waals surface area contributed by atoms with Crippen LogP contribution in [0.3, 0.4) is 0 Å². The van der Waals surface area contributed by atoms with Gasteiger partial charge in [-0.25, -0.2) is 0 Å². The first-order valence-electron chi connectivity index (χ1n) is 8.35. The normalized spacial score (nSPS) is 24.4. The number of hydrogen-bond donors (Lipinski definition) is 2. The third-order valence-electron chi connectivity index (χ3n) is 4.45. The van der Waals surface area contributed by atoms with E-state index in [4.69, 9.17) is 4.74 Å². The van der Waals surface area contributed by atoms with E-state index in [1.807, 2.05) is 0 Å². The summed E-state index contributed by atoms with van der Waals surface area (Å²) >= 11 is 0. The van der Waals surface area contributed by atoms with Crippen LogP contribution < -0.4 is 10.6 Å². The lowest BCUT2D eigenvalue weighted by molar-refractivity contribution is 0.0310. The van der Waals surface area contributed by atoms with Crippen molar-refractivity contribution in [3.63, 3.8) is 0 Å². The van der Waals surface area contributed by atoms with E-state index in [9.17, 15) is 0 Å². The second-order valence-electron chi connectivity index (χ2n) is 6.92. The summed E-state index contributed by atoms with van der Waals surface area (Å²) in [5, 5.41) is 6.82. The Morgan fingerprint density at radius 2 is 2.05 bits per heavy atom. The molecule has 1 unspecified atom stereocenters. The number of aliphatic imine (C=N–C) groups is 1. The van der Waals surface area contributed by atoms with Crippen molar-refractivity contribution in [2.75, 3.05) is 39.8 Å². The maximum Gasteiger partial charge on any atom is 0.191 e. The molecule has 122 valence electrons. The van der Waals surface area contributed by atoms with Crippen molar-refractivity contribution in [3.05, 3.63) is 0 Å². The Bertz CT molecular complexity index is 352. The second-order valence-corrected chi connectivity index (χ2v) is 6.92. The number of methoxy groups -OCH3 is 1. The average Bonchev–Trinajstić information content (AvgIpc) is 3.21. The van der Waals surface area contributed by atoms with Crippen molar-refractivity contribution in [1.29, 1.82) is 0 Å². The first kappa shape index (κ1) is 16.6. The van der Waals surface area contributed by atoms with Gasteiger partial charge in [0, 0.05) is 32.8 Å². The summed E-state index contributed by atoms with van der Waals surface area (Å²) in [5.41, 5.74) is -0.210. The molecule has 1 saturated carbocycles. The van der Waals surface area contributed by atoms with Crippen LogP contribution in [0.4, 0.5) is 0 Å². The average molecular weight is 296 g/mol. The second kappa shape index (κ2) is 7.45. The molecule has 0 aromatic carbocycles. The number of rotatable bonds is 7. The molecular weight excluding hydrogens is 264 g/mol. The first-order chi connectivity index (χ1) is 10.0. The van der Waals surface area contributed by atoms with Crippen LogP contribution in [0.25, 0.3) is 0 Å². The summed E-state index contributed by atoms with van der Waals surface area (Å²) < 4.78 is 5.42. The molecule has 0 spiro atoms. The zero-order valence-electron chi connectivity index (χ0n) is 14.1. The molecule has 1 aliphatic heterocycles.